The fourth-order valence-electron chi connectivity index (χ4n) is 3.57. The van der Waals surface area contributed by atoms with Crippen molar-refractivity contribution in [2.75, 3.05) is 18.0 Å². The molecule has 0 radical (unpaired) electrons. The number of piperidine rings is 1. The number of hydrogen-bond acceptors (Lipinski definition) is 5. The van der Waals surface area contributed by atoms with Gasteiger partial charge in [0.25, 0.3) is 0 Å². The van der Waals surface area contributed by atoms with E-state index in [9.17, 15) is 9.18 Å². The van der Waals surface area contributed by atoms with Crippen molar-refractivity contribution in [3.63, 3.8) is 0 Å². The predicted molar refractivity (Wildman–Crippen MR) is 108 cm³/mol. The van der Waals surface area contributed by atoms with Crippen LogP contribution in [0.2, 0.25) is 0 Å². The van der Waals surface area contributed by atoms with Crippen LogP contribution in [-0.4, -0.2) is 29.0 Å². The van der Waals surface area contributed by atoms with Crippen molar-refractivity contribution in [3.8, 4) is 11.1 Å². The maximum absolute atomic E-state index is 13.4. The minimum Gasteiger partial charge on any atom is -0.465 e. The van der Waals surface area contributed by atoms with Gasteiger partial charge in [0.05, 0.1) is 12.5 Å². The molecule has 1 fully saturated rings. The Balaban J connectivity index is 1.38. The van der Waals surface area contributed by atoms with Crippen molar-refractivity contribution in [3.05, 3.63) is 66.1 Å². The minimum atomic E-state index is -0.291. The number of carbonyl (C=O) groups excluding carboxylic acids is 1. The molecule has 0 saturated carbocycles. The van der Waals surface area contributed by atoms with Gasteiger partial charge in [-0.05, 0) is 49.6 Å². The summed E-state index contributed by atoms with van der Waals surface area (Å²) in [5.41, 5.74) is 1.49. The second-order valence-electron chi connectivity index (χ2n) is 7.30. The molecule has 3 aromatic rings. The van der Waals surface area contributed by atoms with Gasteiger partial charge in [0.15, 0.2) is 0 Å². The fraction of sp³-hybridized carbons (Fsp3) is 0.318. The second-order valence-corrected chi connectivity index (χ2v) is 7.30. The zero-order valence-corrected chi connectivity index (χ0v) is 16.3. The Morgan fingerprint density at radius 3 is 2.79 bits per heavy atom. The highest BCUT2D eigenvalue weighted by molar-refractivity contribution is 5.79. The first-order chi connectivity index (χ1) is 14.1. The lowest BCUT2D eigenvalue weighted by molar-refractivity contribution is -0.125. The van der Waals surface area contributed by atoms with Crippen molar-refractivity contribution in [1.29, 1.82) is 0 Å². The molecule has 1 aliphatic heterocycles. The minimum absolute atomic E-state index is 0.0140. The number of halogens is 1. The van der Waals surface area contributed by atoms with E-state index < -0.39 is 0 Å². The summed E-state index contributed by atoms with van der Waals surface area (Å²) in [4.78, 5) is 23.5. The van der Waals surface area contributed by atoms with Crippen molar-refractivity contribution in [2.24, 2.45) is 5.92 Å². The average molecular weight is 394 g/mol. The number of aryl methyl sites for hydroxylation is 1. The van der Waals surface area contributed by atoms with Crippen molar-refractivity contribution < 1.29 is 13.6 Å². The highest BCUT2D eigenvalue weighted by Gasteiger charge is 2.27. The molecule has 7 heteroatoms. The van der Waals surface area contributed by atoms with E-state index in [4.69, 9.17) is 4.42 Å². The molecule has 3 heterocycles. The normalized spacial score (nSPS) is 16.6. The number of anilines is 1. The molecular formula is C22H23FN4O2. The zero-order chi connectivity index (χ0) is 20.2. The lowest BCUT2D eigenvalue weighted by atomic mass is 9.97. The maximum Gasteiger partial charge on any atom is 0.225 e. The Hall–Kier alpha value is -3.22. The summed E-state index contributed by atoms with van der Waals surface area (Å²) in [6.45, 7) is 3.65. The number of amides is 1. The van der Waals surface area contributed by atoms with E-state index in [2.05, 4.69) is 15.3 Å². The van der Waals surface area contributed by atoms with Crippen LogP contribution < -0.4 is 10.2 Å². The number of furan rings is 1. The predicted octanol–water partition coefficient (Wildman–Crippen LogP) is 3.72. The summed E-state index contributed by atoms with van der Waals surface area (Å²) < 4.78 is 18.9. The van der Waals surface area contributed by atoms with E-state index in [1.165, 1.54) is 12.1 Å². The van der Waals surface area contributed by atoms with Crippen LogP contribution in [0.5, 0.6) is 0 Å². The zero-order valence-electron chi connectivity index (χ0n) is 16.3. The molecule has 4 rings (SSSR count). The summed E-state index contributed by atoms with van der Waals surface area (Å²) >= 11 is 0. The lowest BCUT2D eigenvalue weighted by Gasteiger charge is -2.32. The summed E-state index contributed by atoms with van der Waals surface area (Å²) in [5, 5.41) is 2.95. The third-order valence-electron chi connectivity index (χ3n) is 5.10. The smallest absolute Gasteiger partial charge is 0.225 e. The summed E-state index contributed by atoms with van der Waals surface area (Å²) in [7, 11) is 0. The molecule has 1 saturated heterocycles. The Bertz CT molecular complexity index is 986. The van der Waals surface area contributed by atoms with E-state index in [1.54, 1.807) is 18.5 Å². The Morgan fingerprint density at radius 1 is 1.24 bits per heavy atom. The van der Waals surface area contributed by atoms with Gasteiger partial charge in [0, 0.05) is 31.0 Å². The maximum atomic E-state index is 13.4. The third kappa shape index (κ3) is 4.62. The number of nitrogens with one attached hydrogen (secondary N) is 1. The molecule has 150 valence electrons. The number of nitrogens with zero attached hydrogens (tertiary/aromatic N) is 3. The van der Waals surface area contributed by atoms with Gasteiger partial charge in [-0.3, -0.25) is 4.79 Å². The van der Waals surface area contributed by atoms with Crippen LogP contribution >= 0.6 is 0 Å². The topological polar surface area (TPSA) is 71.3 Å². The largest absolute Gasteiger partial charge is 0.465 e. The molecule has 0 spiro atoms. The van der Waals surface area contributed by atoms with Crippen LogP contribution in [0.1, 0.15) is 24.4 Å². The van der Waals surface area contributed by atoms with Gasteiger partial charge in [-0.15, -0.1) is 0 Å². The lowest BCUT2D eigenvalue weighted by Crippen LogP contribution is -2.43. The first kappa shape index (κ1) is 19.1. The SMILES string of the molecule is Cc1ccc(CNC(=O)[C@H]2CCCN(c3ncc(-c4cccc(F)c4)cn3)C2)o1. The van der Waals surface area contributed by atoms with Gasteiger partial charge < -0.3 is 14.6 Å². The van der Waals surface area contributed by atoms with Crippen molar-refractivity contribution >= 4 is 11.9 Å². The third-order valence-corrected chi connectivity index (χ3v) is 5.10. The van der Waals surface area contributed by atoms with Gasteiger partial charge >= 0.3 is 0 Å². The molecule has 0 aliphatic carbocycles. The molecule has 1 amide bonds. The van der Waals surface area contributed by atoms with Crippen LogP contribution in [0.25, 0.3) is 11.1 Å². The summed E-state index contributed by atoms with van der Waals surface area (Å²) in [6, 6.07) is 10.1. The number of hydrogen-bond donors (Lipinski definition) is 1. The van der Waals surface area contributed by atoms with Crippen molar-refractivity contribution in [2.45, 2.75) is 26.3 Å². The Kier molecular flexibility index (Phi) is 5.55. The highest BCUT2D eigenvalue weighted by Crippen LogP contribution is 2.23. The summed E-state index contributed by atoms with van der Waals surface area (Å²) in [6.07, 6.45) is 5.12. The number of benzene rings is 1. The fourth-order valence-corrected chi connectivity index (χ4v) is 3.57. The molecule has 6 nitrogen and oxygen atoms in total. The standard InChI is InChI=1S/C22H23FN4O2/c1-15-7-8-20(29-15)13-24-21(28)17-5-3-9-27(14-17)22-25-11-18(12-26-22)16-4-2-6-19(23)10-16/h2,4,6-8,10-12,17H,3,5,9,13-14H2,1H3,(H,24,28)/t17-/m0/s1. The van der Waals surface area contributed by atoms with Crippen LogP contribution in [0.15, 0.2) is 53.2 Å². The van der Waals surface area contributed by atoms with Crippen LogP contribution in [0, 0.1) is 18.7 Å². The van der Waals surface area contributed by atoms with Gasteiger partial charge in [-0.1, -0.05) is 12.1 Å². The molecule has 0 bridgehead atoms. The van der Waals surface area contributed by atoms with Gasteiger partial charge in [0.2, 0.25) is 11.9 Å². The van der Waals surface area contributed by atoms with E-state index in [-0.39, 0.29) is 17.6 Å². The average Bonchev–Trinajstić information content (AvgIpc) is 3.17. The van der Waals surface area contributed by atoms with E-state index in [0.29, 0.717) is 19.0 Å². The molecule has 0 unspecified atom stereocenters. The van der Waals surface area contributed by atoms with Crippen LogP contribution in [0.4, 0.5) is 10.3 Å². The van der Waals surface area contributed by atoms with Gasteiger partial charge in [0.1, 0.15) is 17.3 Å². The molecule has 2 aromatic heterocycles. The monoisotopic (exact) mass is 394 g/mol. The van der Waals surface area contributed by atoms with E-state index >= 15 is 0 Å². The van der Waals surface area contributed by atoms with E-state index in [1.807, 2.05) is 30.0 Å². The van der Waals surface area contributed by atoms with Crippen LogP contribution in [-0.2, 0) is 11.3 Å². The molecule has 29 heavy (non-hydrogen) atoms. The Morgan fingerprint density at radius 2 is 2.07 bits per heavy atom. The second kappa shape index (κ2) is 8.43. The number of rotatable bonds is 5. The molecule has 1 atom stereocenters. The molecule has 1 aromatic carbocycles. The first-order valence-electron chi connectivity index (χ1n) is 9.74. The number of carbonyl (C=O) groups is 1. The Labute approximate surface area is 168 Å². The van der Waals surface area contributed by atoms with Crippen molar-refractivity contribution in [1.82, 2.24) is 15.3 Å². The molecular weight excluding hydrogens is 371 g/mol. The van der Waals surface area contributed by atoms with Gasteiger partial charge in [-0.2, -0.15) is 0 Å². The molecule has 1 N–H and O–H groups in total. The quantitative estimate of drug-likeness (QED) is 0.714. The first-order valence-corrected chi connectivity index (χ1v) is 9.74. The van der Waals surface area contributed by atoms with Crippen LogP contribution in [0.3, 0.4) is 0 Å². The van der Waals surface area contributed by atoms with Gasteiger partial charge in [-0.25, -0.2) is 14.4 Å². The molecule has 1 aliphatic rings. The highest BCUT2D eigenvalue weighted by atomic mass is 19.1. The summed E-state index contributed by atoms with van der Waals surface area (Å²) in [5.74, 6) is 1.77. The number of aromatic nitrogens is 2. The van der Waals surface area contributed by atoms with E-state index in [0.717, 1.165) is 42.0 Å².